The monoisotopic (exact) mass is 357 g/mol. The number of hydrogen-bond acceptors (Lipinski definition) is 4. The summed E-state index contributed by atoms with van der Waals surface area (Å²) in [6.07, 6.45) is 0. The maximum absolute atomic E-state index is 12.3. The van der Waals surface area contributed by atoms with Crippen LogP contribution < -0.4 is 4.90 Å². The Morgan fingerprint density at radius 2 is 1.88 bits per heavy atom. The van der Waals surface area contributed by atoms with Gasteiger partial charge in [-0.3, -0.25) is 4.79 Å². The van der Waals surface area contributed by atoms with Crippen molar-refractivity contribution in [3.63, 3.8) is 0 Å². The number of hydrogen-bond donors (Lipinski definition) is 0. The average molecular weight is 358 g/mol. The van der Waals surface area contributed by atoms with E-state index in [0.717, 1.165) is 11.1 Å². The molecule has 128 valence electrons. The lowest BCUT2D eigenvalue weighted by Crippen LogP contribution is -2.31. The molecule has 3 rings (SSSR count). The number of carbonyl (C=O) groups is 2. The van der Waals surface area contributed by atoms with Gasteiger partial charge in [-0.1, -0.05) is 29.8 Å². The average Bonchev–Trinajstić information content (AvgIpc) is 2.96. The van der Waals surface area contributed by atoms with Crippen LogP contribution in [0.3, 0.4) is 0 Å². The lowest BCUT2D eigenvalue weighted by molar-refractivity contribution is -0.121. The van der Waals surface area contributed by atoms with Gasteiger partial charge in [-0.15, -0.1) is 0 Å². The molecule has 25 heavy (non-hydrogen) atoms. The van der Waals surface area contributed by atoms with E-state index in [4.69, 9.17) is 20.8 Å². The van der Waals surface area contributed by atoms with Crippen molar-refractivity contribution in [2.24, 2.45) is 0 Å². The standard InChI is InChI=1S/C19H16ClNO4/c1-12-15-10-13(20)8-9-16(15)25-18(12)19(23)24-11-17(22)21(2)14-6-4-3-5-7-14/h3-10H,11H2,1-2H3. The predicted molar refractivity (Wildman–Crippen MR) is 96.1 cm³/mol. The normalized spacial score (nSPS) is 10.7. The molecule has 0 bridgehead atoms. The van der Waals surface area contributed by atoms with Gasteiger partial charge in [-0.05, 0) is 37.3 Å². The van der Waals surface area contributed by atoms with E-state index >= 15 is 0 Å². The molecule has 0 saturated heterocycles. The molecule has 0 N–H and O–H groups in total. The van der Waals surface area contributed by atoms with Crippen molar-refractivity contribution in [3.8, 4) is 0 Å². The number of carbonyl (C=O) groups excluding carboxylic acids is 2. The van der Waals surface area contributed by atoms with Crippen molar-refractivity contribution in [3.05, 3.63) is 64.9 Å². The molecule has 5 nitrogen and oxygen atoms in total. The molecule has 0 aliphatic rings. The number of halogens is 1. The first-order valence-electron chi connectivity index (χ1n) is 7.64. The summed E-state index contributed by atoms with van der Waals surface area (Å²) in [6, 6.07) is 14.2. The molecule has 2 aromatic carbocycles. The molecule has 0 fully saturated rings. The number of benzene rings is 2. The van der Waals surface area contributed by atoms with Gasteiger partial charge < -0.3 is 14.1 Å². The van der Waals surface area contributed by atoms with Crippen LogP contribution in [0.25, 0.3) is 11.0 Å². The lowest BCUT2D eigenvalue weighted by atomic mass is 10.1. The van der Waals surface area contributed by atoms with Crippen LogP contribution in [0.1, 0.15) is 16.1 Å². The number of amides is 1. The van der Waals surface area contributed by atoms with Gasteiger partial charge in [0.25, 0.3) is 5.91 Å². The Bertz CT molecular complexity index is 933. The van der Waals surface area contributed by atoms with Gasteiger partial charge in [0, 0.05) is 28.7 Å². The largest absolute Gasteiger partial charge is 0.450 e. The number of aryl methyl sites for hydroxylation is 1. The Labute approximate surface area is 149 Å². The minimum Gasteiger partial charge on any atom is -0.450 e. The number of fused-ring (bicyclic) bond motifs is 1. The fraction of sp³-hybridized carbons (Fsp3) is 0.158. The molecule has 0 radical (unpaired) electrons. The van der Waals surface area contributed by atoms with E-state index in [2.05, 4.69) is 0 Å². The summed E-state index contributed by atoms with van der Waals surface area (Å²) in [6.45, 7) is 1.37. The topological polar surface area (TPSA) is 59.8 Å². The molecule has 0 atom stereocenters. The van der Waals surface area contributed by atoms with Crippen molar-refractivity contribution in [2.75, 3.05) is 18.6 Å². The molecule has 6 heteroatoms. The maximum atomic E-state index is 12.3. The number of ether oxygens (including phenoxy) is 1. The summed E-state index contributed by atoms with van der Waals surface area (Å²) in [4.78, 5) is 25.9. The van der Waals surface area contributed by atoms with E-state index in [9.17, 15) is 9.59 Å². The highest BCUT2D eigenvalue weighted by molar-refractivity contribution is 6.31. The number of nitrogens with zero attached hydrogens (tertiary/aromatic N) is 1. The molecule has 0 spiro atoms. The molecule has 0 unspecified atom stereocenters. The quantitative estimate of drug-likeness (QED) is 0.656. The third-order valence-corrected chi connectivity index (χ3v) is 4.16. The molecular weight excluding hydrogens is 342 g/mol. The summed E-state index contributed by atoms with van der Waals surface area (Å²) in [5.41, 5.74) is 1.89. The number of para-hydroxylation sites is 1. The number of likely N-dealkylation sites (N-methyl/N-ethyl adjacent to an activating group) is 1. The molecule has 0 aliphatic heterocycles. The van der Waals surface area contributed by atoms with Gasteiger partial charge in [0.05, 0.1) is 0 Å². The molecular formula is C19H16ClNO4. The Morgan fingerprint density at radius 3 is 2.60 bits per heavy atom. The maximum Gasteiger partial charge on any atom is 0.375 e. The zero-order chi connectivity index (χ0) is 18.0. The third kappa shape index (κ3) is 3.51. The van der Waals surface area contributed by atoms with Gasteiger partial charge >= 0.3 is 5.97 Å². The highest BCUT2D eigenvalue weighted by atomic mass is 35.5. The summed E-state index contributed by atoms with van der Waals surface area (Å²) < 4.78 is 10.7. The highest BCUT2D eigenvalue weighted by Crippen LogP contribution is 2.28. The molecule has 0 aliphatic carbocycles. The number of anilines is 1. The highest BCUT2D eigenvalue weighted by Gasteiger charge is 2.21. The molecule has 0 saturated carbocycles. The van der Waals surface area contributed by atoms with Gasteiger partial charge in [0.15, 0.2) is 6.61 Å². The van der Waals surface area contributed by atoms with Gasteiger partial charge in [0.1, 0.15) is 5.58 Å². The smallest absolute Gasteiger partial charge is 0.375 e. The van der Waals surface area contributed by atoms with Crippen LogP contribution in [0, 0.1) is 6.92 Å². The van der Waals surface area contributed by atoms with E-state index in [1.807, 2.05) is 18.2 Å². The van der Waals surface area contributed by atoms with E-state index in [0.29, 0.717) is 16.2 Å². The van der Waals surface area contributed by atoms with Crippen molar-refractivity contribution in [1.29, 1.82) is 0 Å². The van der Waals surface area contributed by atoms with Crippen molar-refractivity contribution in [2.45, 2.75) is 6.92 Å². The van der Waals surface area contributed by atoms with Crippen molar-refractivity contribution in [1.82, 2.24) is 0 Å². The van der Waals surface area contributed by atoms with Crippen LogP contribution in [-0.4, -0.2) is 25.5 Å². The Kier molecular flexibility index (Phi) is 4.76. The van der Waals surface area contributed by atoms with E-state index < -0.39 is 5.97 Å². The zero-order valence-electron chi connectivity index (χ0n) is 13.8. The van der Waals surface area contributed by atoms with Crippen molar-refractivity contribution >= 4 is 40.1 Å². The second kappa shape index (κ2) is 6.99. The molecule has 1 aromatic heterocycles. The minimum atomic E-state index is -0.681. The van der Waals surface area contributed by atoms with Crippen LogP contribution in [0.4, 0.5) is 5.69 Å². The van der Waals surface area contributed by atoms with Crippen LogP contribution in [0.2, 0.25) is 5.02 Å². The summed E-state index contributed by atoms with van der Waals surface area (Å²) in [7, 11) is 1.62. The Hall–Kier alpha value is -2.79. The first-order chi connectivity index (χ1) is 12.0. The van der Waals surface area contributed by atoms with E-state index in [1.54, 1.807) is 44.3 Å². The number of rotatable bonds is 4. The number of esters is 1. The molecule has 1 heterocycles. The number of furan rings is 1. The Morgan fingerprint density at radius 1 is 1.16 bits per heavy atom. The zero-order valence-corrected chi connectivity index (χ0v) is 14.5. The second-order valence-electron chi connectivity index (χ2n) is 5.56. The van der Waals surface area contributed by atoms with Crippen LogP contribution in [0.5, 0.6) is 0 Å². The fourth-order valence-electron chi connectivity index (χ4n) is 2.47. The van der Waals surface area contributed by atoms with E-state index in [1.165, 1.54) is 4.90 Å². The second-order valence-corrected chi connectivity index (χ2v) is 6.00. The van der Waals surface area contributed by atoms with Crippen LogP contribution >= 0.6 is 11.6 Å². The fourth-order valence-corrected chi connectivity index (χ4v) is 2.65. The van der Waals surface area contributed by atoms with E-state index in [-0.39, 0.29) is 18.3 Å². The summed E-state index contributed by atoms with van der Waals surface area (Å²) in [5, 5.41) is 1.29. The molecule has 3 aromatic rings. The van der Waals surface area contributed by atoms with Gasteiger partial charge in [-0.25, -0.2) is 4.79 Å². The summed E-state index contributed by atoms with van der Waals surface area (Å²) in [5.74, 6) is -0.941. The van der Waals surface area contributed by atoms with Gasteiger partial charge in [-0.2, -0.15) is 0 Å². The summed E-state index contributed by atoms with van der Waals surface area (Å²) >= 11 is 5.97. The van der Waals surface area contributed by atoms with Gasteiger partial charge in [0.2, 0.25) is 5.76 Å². The van der Waals surface area contributed by atoms with Crippen molar-refractivity contribution < 1.29 is 18.7 Å². The first kappa shape index (κ1) is 17.0. The predicted octanol–water partition coefficient (Wildman–Crippen LogP) is 4.21. The third-order valence-electron chi connectivity index (χ3n) is 3.93. The first-order valence-corrected chi connectivity index (χ1v) is 8.02. The van der Waals surface area contributed by atoms with Crippen LogP contribution in [0.15, 0.2) is 52.9 Å². The lowest BCUT2D eigenvalue weighted by Gasteiger charge is -2.16. The SMILES string of the molecule is Cc1c(C(=O)OCC(=O)N(C)c2ccccc2)oc2ccc(Cl)cc12. The molecule has 1 amide bonds. The Balaban J connectivity index is 1.70. The van der Waals surface area contributed by atoms with Crippen LogP contribution in [-0.2, 0) is 9.53 Å². The minimum absolute atomic E-state index is 0.0763.